The second-order valence-corrected chi connectivity index (χ2v) is 4.89. The zero-order valence-electron chi connectivity index (χ0n) is 9.85. The fourth-order valence-corrected chi connectivity index (χ4v) is 2.62. The number of halogens is 1. The summed E-state index contributed by atoms with van der Waals surface area (Å²) in [5.74, 6) is -0.237. The molecule has 0 saturated heterocycles. The van der Waals surface area contributed by atoms with Crippen molar-refractivity contribution in [1.29, 1.82) is 0 Å². The topological polar surface area (TPSA) is 40.5 Å². The lowest BCUT2D eigenvalue weighted by atomic mass is 9.82. The molecule has 1 aliphatic carbocycles. The zero-order chi connectivity index (χ0) is 12.3. The second kappa shape index (κ2) is 5.61. The molecular formula is C14H19FO2. The van der Waals surface area contributed by atoms with Crippen molar-refractivity contribution in [2.24, 2.45) is 5.92 Å². The first-order valence-electron chi connectivity index (χ1n) is 6.30. The first-order valence-corrected chi connectivity index (χ1v) is 6.30. The average molecular weight is 238 g/mol. The van der Waals surface area contributed by atoms with Gasteiger partial charge >= 0.3 is 0 Å². The van der Waals surface area contributed by atoms with Crippen molar-refractivity contribution in [2.45, 2.75) is 44.3 Å². The quantitative estimate of drug-likeness (QED) is 0.850. The number of rotatable bonds is 3. The van der Waals surface area contributed by atoms with Crippen LogP contribution in [0.4, 0.5) is 4.39 Å². The molecule has 2 N–H and O–H groups in total. The van der Waals surface area contributed by atoms with Crippen molar-refractivity contribution in [3.63, 3.8) is 0 Å². The van der Waals surface area contributed by atoms with Crippen LogP contribution in [0.25, 0.3) is 0 Å². The van der Waals surface area contributed by atoms with E-state index in [9.17, 15) is 14.6 Å². The summed E-state index contributed by atoms with van der Waals surface area (Å²) < 4.78 is 13.0. The highest BCUT2D eigenvalue weighted by atomic mass is 19.1. The van der Waals surface area contributed by atoms with Gasteiger partial charge in [-0.25, -0.2) is 4.39 Å². The van der Waals surface area contributed by atoms with E-state index in [1.54, 1.807) is 12.1 Å². The number of aliphatic hydroxyl groups is 2. The van der Waals surface area contributed by atoms with Gasteiger partial charge in [-0.2, -0.15) is 0 Å². The van der Waals surface area contributed by atoms with Crippen molar-refractivity contribution in [3.8, 4) is 0 Å². The Balaban J connectivity index is 2.05. The molecule has 2 nitrogen and oxygen atoms in total. The molecule has 0 aromatic heterocycles. The molecule has 0 bridgehead atoms. The molecule has 2 rings (SSSR count). The van der Waals surface area contributed by atoms with Gasteiger partial charge in [-0.1, -0.05) is 31.4 Å². The molecule has 17 heavy (non-hydrogen) atoms. The summed E-state index contributed by atoms with van der Waals surface area (Å²) in [5, 5.41) is 20.2. The summed E-state index contributed by atoms with van der Waals surface area (Å²) in [5.41, 5.74) is 0.461. The van der Waals surface area contributed by atoms with Crippen LogP contribution < -0.4 is 0 Å². The van der Waals surface area contributed by atoms with Crippen LogP contribution >= 0.6 is 0 Å². The lowest BCUT2D eigenvalue weighted by Gasteiger charge is -2.29. The normalized spacial score (nSPS) is 21.1. The van der Waals surface area contributed by atoms with Gasteiger partial charge in [-0.3, -0.25) is 0 Å². The Hall–Kier alpha value is -0.930. The maximum atomic E-state index is 13.0. The predicted molar refractivity (Wildman–Crippen MR) is 63.9 cm³/mol. The van der Waals surface area contributed by atoms with Gasteiger partial charge in [0.2, 0.25) is 0 Å². The summed E-state index contributed by atoms with van der Waals surface area (Å²) in [7, 11) is 0. The van der Waals surface area contributed by atoms with E-state index in [2.05, 4.69) is 0 Å². The van der Waals surface area contributed by atoms with Crippen LogP contribution in [0, 0.1) is 11.7 Å². The van der Waals surface area contributed by atoms with Gasteiger partial charge in [0.05, 0.1) is 6.10 Å². The Morgan fingerprint density at radius 3 is 2.47 bits per heavy atom. The minimum atomic E-state index is -0.978. The van der Waals surface area contributed by atoms with Gasteiger partial charge in [0.15, 0.2) is 0 Å². The fraction of sp³-hybridized carbons (Fsp3) is 0.571. The summed E-state index contributed by atoms with van der Waals surface area (Å²) in [6.45, 7) is 0. The molecule has 3 heteroatoms. The van der Waals surface area contributed by atoms with Crippen LogP contribution in [0.5, 0.6) is 0 Å². The Kier molecular flexibility index (Phi) is 4.13. The third kappa shape index (κ3) is 3.05. The molecule has 0 radical (unpaired) electrons. The van der Waals surface area contributed by atoms with Crippen LogP contribution in [0.3, 0.4) is 0 Å². The van der Waals surface area contributed by atoms with Crippen molar-refractivity contribution in [1.82, 2.24) is 0 Å². The minimum Gasteiger partial charge on any atom is -0.390 e. The number of benzene rings is 1. The largest absolute Gasteiger partial charge is 0.390 e. The molecule has 1 aromatic carbocycles. The number of hydrogen-bond donors (Lipinski definition) is 2. The van der Waals surface area contributed by atoms with Gasteiger partial charge in [0.1, 0.15) is 11.9 Å². The maximum Gasteiger partial charge on any atom is 0.123 e. The lowest BCUT2D eigenvalue weighted by Crippen LogP contribution is -2.29. The maximum absolute atomic E-state index is 13.0. The van der Waals surface area contributed by atoms with E-state index in [0.29, 0.717) is 5.56 Å². The fourth-order valence-electron chi connectivity index (χ4n) is 2.62. The van der Waals surface area contributed by atoms with Crippen LogP contribution in [-0.4, -0.2) is 16.3 Å². The molecule has 0 spiro atoms. The molecule has 2 atom stereocenters. The standard InChI is InChI=1S/C14H19FO2/c15-12-8-4-7-11(9-12)14(17)13(16)10-5-2-1-3-6-10/h4,7-10,13-14,16-17H,1-3,5-6H2. The van der Waals surface area contributed by atoms with Gasteiger partial charge in [0, 0.05) is 0 Å². The minimum absolute atomic E-state index is 0.141. The van der Waals surface area contributed by atoms with Crippen LogP contribution in [0.2, 0.25) is 0 Å². The van der Waals surface area contributed by atoms with Crippen LogP contribution in [0.1, 0.15) is 43.8 Å². The predicted octanol–water partition coefficient (Wildman–Crippen LogP) is 2.80. The van der Waals surface area contributed by atoms with Crippen molar-refractivity contribution in [2.75, 3.05) is 0 Å². The highest BCUT2D eigenvalue weighted by Crippen LogP contribution is 2.32. The van der Waals surface area contributed by atoms with E-state index in [1.807, 2.05) is 0 Å². The molecule has 1 saturated carbocycles. The third-order valence-electron chi connectivity index (χ3n) is 3.65. The van der Waals surface area contributed by atoms with Gasteiger partial charge in [0.25, 0.3) is 0 Å². The van der Waals surface area contributed by atoms with E-state index in [1.165, 1.54) is 18.6 Å². The van der Waals surface area contributed by atoms with Crippen LogP contribution in [0.15, 0.2) is 24.3 Å². The number of hydrogen-bond acceptors (Lipinski definition) is 2. The first kappa shape index (κ1) is 12.5. The Bertz CT molecular complexity index is 361. The summed E-state index contributed by atoms with van der Waals surface area (Å²) in [4.78, 5) is 0. The molecule has 1 aliphatic rings. The molecule has 0 aliphatic heterocycles. The van der Waals surface area contributed by atoms with E-state index < -0.39 is 12.2 Å². The Morgan fingerprint density at radius 2 is 1.82 bits per heavy atom. The van der Waals surface area contributed by atoms with Gasteiger partial charge < -0.3 is 10.2 Å². The monoisotopic (exact) mass is 238 g/mol. The van der Waals surface area contributed by atoms with Crippen molar-refractivity contribution >= 4 is 0 Å². The summed E-state index contributed by atoms with van der Waals surface area (Å²) >= 11 is 0. The van der Waals surface area contributed by atoms with E-state index in [4.69, 9.17) is 0 Å². The van der Waals surface area contributed by atoms with E-state index in [-0.39, 0.29) is 11.7 Å². The van der Waals surface area contributed by atoms with Gasteiger partial charge in [-0.05, 0) is 36.5 Å². The number of aliphatic hydroxyl groups excluding tert-OH is 2. The van der Waals surface area contributed by atoms with E-state index >= 15 is 0 Å². The average Bonchev–Trinajstić information content (AvgIpc) is 2.38. The molecule has 2 unspecified atom stereocenters. The Labute approximate surface area is 101 Å². The molecule has 0 heterocycles. The molecule has 94 valence electrons. The van der Waals surface area contributed by atoms with Crippen molar-refractivity contribution in [3.05, 3.63) is 35.6 Å². The van der Waals surface area contributed by atoms with Crippen molar-refractivity contribution < 1.29 is 14.6 Å². The highest BCUT2D eigenvalue weighted by molar-refractivity contribution is 5.19. The SMILES string of the molecule is OC(c1cccc(F)c1)C(O)C1CCCCC1. The first-order chi connectivity index (χ1) is 8.18. The smallest absolute Gasteiger partial charge is 0.123 e. The summed E-state index contributed by atoms with van der Waals surface area (Å²) in [6, 6.07) is 5.83. The Morgan fingerprint density at radius 1 is 1.12 bits per heavy atom. The second-order valence-electron chi connectivity index (χ2n) is 4.89. The van der Waals surface area contributed by atoms with Gasteiger partial charge in [-0.15, -0.1) is 0 Å². The third-order valence-corrected chi connectivity index (χ3v) is 3.65. The molecular weight excluding hydrogens is 219 g/mol. The zero-order valence-corrected chi connectivity index (χ0v) is 9.85. The lowest BCUT2D eigenvalue weighted by molar-refractivity contribution is -0.0286. The molecule has 0 amide bonds. The molecule has 1 fully saturated rings. The summed E-state index contributed by atoms with van der Waals surface area (Å²) in [6.07, 6.45) is 3.57. The highest BCUT2D eigenvalue weighted by Gasteiger charge is 2.28. The van der Waals surface area contributed by atoms with E-state index in [0.717, 1.165) is 25.7 Å². The van der Waals surface area contributed by atoms with Crippen LogP contribution in [-0.2, 0) is 0 Å². The molecule has 1 aromatic rings.